The molecule has 0 spiro atoms. The zero-order valence-electron chi connectivity index (χ0n) is 15.1. The molecule has 0 bridgehead atoms. The van der Waals surface area contributed by atoms with Crippen molar-refractivity contribution in [2.45, 2.75) is 13.5 Å². The highest BCUT2D eigenvalue weighted by molar-refractivity contribution is 6.31. The Kier molecular flexibility index (Phi) is 6.06. The highest BCUT2D eigenvalue weighted by Gasteiger charge is 2.11. The lowest BCUT2D eigenvalue weighted by Crippen LogP contribution is -2.23. The Morgan fingerprint density at radius 2 is 1.54 bits per heavy atom. The molecule has 4 nitrogen and oxygen atoms in total. The second kappa shape index (κ2) is 8.67. The first-order valence-electron chi connectivity index (χ1n) is 8.64. The third kappa shape index (κ3) is 4.56. The second-order valence-electron chi connectivity index (χ2n) is 6.22. The number of benzene rings is 3. The van der Waals surface area contributed by atoms with E-state index in [1.54, 1.807) is 60.7 Å². The van der Waals surface area contributed by atoms with Gasteiger partial charge in [-0.05, 0) is 55.0 Å². The zero-order chi connectivity index (χ0) is 20.1. The highest BCUT2D eigenvalue weighted by atomic mass is 35.5. The van der Waals surface area contributed by atoms with Gasteiger partial charge in [-0.25, -0.2) is 4.39 Å². The smallest absolute Gasteiger partial charge is 0.255 e. The molecular formula is C22H18ClFN2O2. The molecule has 142 valence electrons. The lowest BCUT2D eigenvalue weighted by Gasteiger charge is -2.10. The number of carbonyl (C=O) groups is 2. The molecule has 0 unspecified atom stereocenters. The fourth-order valence-electron chi connectivity index (χ4n) is 2.63. The van der Waals surface area contributed by atoms with Crippen molar-refractivity contribution in [1.29, 1.82) is 0 Å². The number of rotatable bonds is 5. The molecule has 0 saturated heterocycles. The van der Waals surface area contributed by atoms with E-state index >= 15 is 0 Å². The standard InChI is InChI=1S/C22H18ClFN2O2/c1-14-18(23)6-4-8-20(14)26-22(28)16-11-9-15(10-12-16)21(27)25-13-17-5-2-3-7-19(17)24/h2-12H,13H2,1H3,(H,25,27)(H,26,28). The van der Waals surface area contributed by atoms with Crippen LogP contribution in [-0.2, 0) is 6.54 Å². The summed E-state index contributed by atoms with van der Waals surface area (Å²) in [6.45, 7) is 1.91. The molecule has 2 amide bonds. The van der Waals surface area contributed by atoms with Crippen LogP contribution in [0.25, 0.3) is 0 Å². The first-order chi connectivity index (χ1) is 13.5. The van der Waals surface area contributed by atoms with Crippen molar-refractivity contribution < 1.29 is 14.0 Å². The van der Waals surface area contributed by atoms with E-state index in [1.165, 1.54) is 6.07 Å². The molecular weight excluding hydrogens is 379 g/mol. The van der Waals surface area contributed by atoms with Crippen molar-refractivity contribution in [1.82, 2.24) is 5.32 Å². The summed E-state index contributed by atoms with van der Waals surface area (Å²) in [6.07, 6.45) is 0. The van der Waals surface area contributed by atoms with Crippen LogP contribution in [0.1, 0.15) is 31.8 Å². The zero-order valence-corrected chi connectivity index (χ0v) is 15.9. The highest BCUT2D eigenvalue weighted by Crippen LogP contribution is 2.23. The molecule has 3 rings (SSSR count). The minimum absolute atomic E-state index is 0.0851. The van der Waals surface area contributed by atoms with Gasteiger partial charge in [0.25, 0.3) is 11.8 Å². The topological polar surface area (TPSA) is 58.2 Å². The Balaban J connectivity index is 1.64. The molecule has 6 heteroatoms. The maximum absolute atomic E-state index is 13.6. The number of hydrogen-bond donors (Lipinski definition) is 2. The first kappa shape index (κ1) is 19.6. The summed E-state index contributed by atoms with van der Waals surface area (Å²) >= 11 is 6.06. The normalized spacial score (nSPS) is 10.4. The summed E-state index contributed by atoms with van der Waals surface area (Å²) in [5.41, 5.74) is 2.60. The van der Waals surface area contributed by atoms with Gasteiger partial charge in [0.2, 0.25) is 0 Å². The van der Waals surface area contributed by atoms with Crippen molar-refractivity contribution in [3.05, 3.63) is 99.8 Å². The SMILES string of the molecule is Cc1c(Cl)cccc1NC(=O)c1ccc(C(=O)NCc2ccccc2F)cc1. The number of carbonyl (C=O) groups excluding carboxylic acids is 2. The molecule has 0 saturated carbocycles. The van der Waals surface area contributed by atoms with Gasteiger partial charge in [0.15, 0.2) is 0 Å². The summed E-state index contributed by atoms with van der Waals surface area (Å²) in [7, 11) is 0. The summed E-state index contributed by atoms with van der Waals surface area (Å²) in [5, 5.41) is 6.04. The minimum atomic E-state index is -0.369. The molecule has 0 radical (unpaired) electrons. The van der Waals surface area contributed by atoms with Gasteiger partial charge in [-0.1, -0.05) is 35.9 Å². The van der Waals surface area contributed by atoms with Gasteiger partial charge in [0, 0.05) is 33.9 Å². The Morgan fingerprint density at radius 3 is 2.21 bits per heavy atom. The molecule has 3 aromatic carbocycles. The maximum atomic E-state index is 13.6. The largest absolute Gasteiger partial charge is 0.348 e. The molecule has 0 atom stereocenters. The Bertz CT molecular complexity index is 1020. The monoisotopic (exact) mass is 396 g/mol. The number of hydrogen-bond acceptors (Lipinski definition) is 2. The molecule has 0 fully saturated rings. The lowest BCUT2D eigenvalue weighted by molar-refractivity contribution is 0.0948. The van der Waals surface area contributed by atoms with Gasteiger partial charge in [-0.15, -0.1) is 0 Å². The molecule has 3 aromatic rings. The Morgan fingerprint density at radius 1 is 0.893 bits per heavy atom. The average molecular weight is 397 g/mol. The Labute approximate surface area is 167 Å². The summed E-state index contributed by atoms with van der Waals surface area (Å²) in [4.78, 5) is 24.6. The Hall–Kier alpha value is -3.18. The molecule has 0 aliphatic carbocycles. The quantitative estimate of drug-likeness (QED) is 0.639. The average Bonchev–Trinajstić information content (AvgIpc) is 2.70. The molecule has 0 aliphatic heterocycles. The fraction of sp³-hybridized carbons (Fsp3) is 0.0909. The van der Waals surface area contributed by atoms with Gasteiger partial charge >= 0.3 is 0 Å². The van der Waals surface area contributed by atoms with Crippen LogP contribution in [-0.4, -0.2) is 11.8 Å². The number of halogens is 2. The first-order valence-corrected chi connectivity index (χ1v) is 9.01. The third-order valence-corrected chi connectivity index (χ3v) is 4.73. The van der Waals surface area contributed by atoms with Gasteiger partial charge in [-0.2, -0.15) is 0 Å². The number of amides is 2. The van der Waals surface area contributed by atoms with Gasteiger partial charge in [0.05, 0.1) is 0 Å². The number of nitrogens with one attached hydrogen (secondary N) is 2. The van der Waals surface area contributed by atoms with Gasteiger partial charge < -0.3 is 10.6 Å². The van der Waals surface area contributed by atoms with Crippen molar-refractivity contribution >= 4 is 29.1 Å². The van der Waals surface area contributed by atoms with Crippen LogP contribution in [0, 0.1) is 12.7 Å². The van der Waals surface area contributed by atoms with E-state index in [2.05, 4.69) is 10.6 Å². The van der Waals surface area contributed by atoms with Crippen LogP contribution < -0.4 is 10.6 Å². The van der Waals surface area contributed by atoms with Crippen molar-refractivity contribution in [3.8, 4) is 0 Å². The molecule has 28 heavy (non-hydrogen) atoms. The molecule has 0 heterocycles. The van der Waals surface area contributed by atoms with Crippen LogP contribution >= 0.6 is 11.6 Å². The number of anilines is 1. The third-order valence-electron chi connectivity index (χ3n) is 4.32. The van der Waals surface area contributed by atoms with Crippen LogP contribution in [0.15, 0.2) is 66.7 Å². The maximum Gasteiger partial charge on any atom is 0.255 e. The van der Waals surface area contributed by atoms with Gasteiger partial charge in [-0.3, -0.25) is 9.59 Å². The summed E-state index contributed by atoms with van der Waals surface area (Å²) in [5.74, 6) is -1.02. The van der Waals surface area contributed by atoms with Crippen LogP contribution in [0.4, 0.5) is 10.1 Å². The van der Waals surface area contributed by atoms with Gasteiger partial charge in [0.1, 0.15) is 5.82 Å². The van der Waals surface area contributed by atoms with E-state index in [0.717, 1.165) is 5.56 Å². The van der Waals surface area contributed by atoms with E-state index in [-0.39, 0.29) is 24.2 Å². The van der Waals surface area contributed by atoms with E-state index in [4.69, 9.17) is 11.6 Å². The second-order valence-corrected chi connectivity index (χ2v) is 6.63. The van der Waals surface area contributed by atoms with Crippen molar-refractivity contribution in [3.63, 3.8) is 0 Å². The van der Waals surface area contributed by atoms with Crippen molar-refractivity contribution in [2.24, 2.45) is 0 Å². The van der Waals surface area contributed by atoms with Crippen LogP contribution in [0.3, 0.4) is 0 Å². The molecule has 0 aliphatic rings. The minimum Gasteiger partial charge on any atom is -0.348 e. The van der Waals surface area contributed by atoms with E-state index in [1.807, 2.05) is 6.92 Å². The van der Waals surface area contributed by atoms with E-state index in [9.17, 15) is 14.0 Å². The predicted octanol–water partition coefficient (Wildman–Crippen LogP) is 4.97. The molecule has 2 N–H and O–H groups in total. The molecule has 0 aromatic heterocycles. The van der Waals surface area contributed by atoms with Crippen LogP contribution in [0.5, 0.6) is 0 Å². The predicted molar refractivity (Wildman–Crippen MR) is 108 cm³/mol. The summed E-state index contributed by atoms with van der Waals surface area (Å²) in [6, 6.07) is 17.8. The van der Waals surface area contributed by atoms with E-state index < -0.39 is 0 Å². The lowest BCUT2D eigenvalue weighted by atomic mass is 10.1. The van der Waals surface area contributed by atoms with Crippen molar-refractivity contribution in [2.75, 3.05) is 5.32 Å². The fourth-order valence-corrected chi connectivity index (χ4v) is 2.80. The summed E-state index contributed by atoms with van der Waals surface area (Å²) < 4.78 is 13.6. The van der Waals surface area contributed by atoms with E-state index in [0.29, 0.717) is 27.4 Å². The van der Waals surface area contributed by atoms with Crippen LogP contribution in [0.2, 0.25) is 5.02 Å².